The summed E-state index contributed by atoms with van der Waals surface area (Å²) in [5, 5.41) is 0. The largest absolute Gasteiger partial charge is 0.392 e. The van der Waals surface area contributed by atoms with Gasteiger partial charge in [-0.05, 0) is 18.1 Å². The Morgan fingerprint density at radius 1 is 1.40 bits per heavy atom. The Balaban J connectivity index is 1.84. The van der Waals surface area contributed by atoms with E-state index in [1.165, 1.54) is 5.56 Å². The van der Waals surface area contributed by atoms with Crippen LogP contribution in [0.3, 0.4) is 0 Å². The fraction of sp³-hybridized carbons (Fsp3) is 0.600. The Kier molecular flexibility index (Phi) is 5.88. The first-order valence-electron chi connectivity index (χ1n) is 7.35. The molecule has 1 atom stereocenters. The van der Waals surface area contributed by atoms with Crippen LogP contribution >= 0.6 is 12.2 Å². The minimum Gasteiger partial charge on any atom is -0.392 e. The molecule has 0 amide bonds. The number of rotatable bonds is 6. The van der Waals surface area contributed by atoms with Gasteiger partial charge in [0.1, 0.15) is 0 Å². The molecule has 0 spiro atoms. The zero-order valence-corrected chi connectivity index (χ0v) is 13.0. The molecule has 1 aromatic rings. The second-order valence-corrected chi connectivity index (χ2v) is 5.85. The summed E-state index contributed by atoms with van der Waals surface area (Å²) in [6, 6.07) is 4.40. The first kappa shape index (κ1) is 15.4. The molecule has 1 aliphatic heterocycles. The molecule has 20 heavy (non-hydrogen) atoms. The van der Waals surface area contributed by atoms with E-state index < -0.39 is 0 Å². The highest BCUT2D eigenvalue weighted by molar-refractivity contribution is 7.80. The maximum Gasteiger partial charge on any atom is 0.0902 e. The summed E-state index contributed by atoms with van der Waals surface area (Å²) in [5.41, 5.74) is 7.16. The fourth-order valence-electron chi connectivity index (χ4n) is 2.76. The molecule has 0 aliphatic carbocycles. The number of aromatic nitrogens is 1. The smallest absolute Gasteiger partial charge is 0.0902 e. The molecule has 0 saturated carbocycles. The van der Waals surface area contributed by atoms with Gasteiger partial charge in [0.2, 0.25) is 0 Å². The van der Waals surface area contributed by atoms with Crippen molar-refractivity contribution in [2.45, 2.75) is 32.4 Å². The predicted molar refractivity (Wildman–Crippen MR) is 86.6 cm³/mol. The summed E-state index contributed by atoms with van der Waals surface area (Å²) in [6.45, 7) is 7.39. The van der Waals surface area contributed by atoms with Crippen LogP contribution in [0.15, 0.2) is 24.5 Å². The van der Waals surface area contributed by atoms with E-state index >= 15 is 0 Å². The molecule has 1 aromatic heterocycles. The van der Waals surface area contributed by atoms with Gasteiger partial charge in [-0.3, -0.25) is 14.8 Å². The Bertz CT molecular complexity index is 415. The van der Waals surface area contributed by atoms with Crippen LogP contribution < -0.4 is 5.73 Å². The average Bonchev–Trinajstić information content (AvgIpc) is 2.47. The fourth-order valence-corrected chi connectivity index (χ4v) is 3.03. The monoisotopic (exact) mass is 292 g/mol. The molecule has 0 aromatic carbocycles. The molecule has 1 aliphatic rings. The van der Waals surface area contributed by atoms with E-state index in [-0.39, 0.29) is 6.04 Å². The van der Waals surface area contributed by atoms with Gasteiger partial charge in [0.25, 0.3) is 0 Å². The second kappa shape index (κ2) is 7.67. The molecule has 4 nitrogen and oxygen atoms in total. The van der Waals surface area contributed by atoms with E-state index in [1.54, 1.807) is 0 Å². The molecule has 1 saturated heterocycles. The Hall–Kier alpha value is -1.04. The maximum absolute atomic E-state index is 5.88. The molecule has 0 radical (unpaired) electrons. The molecule has 1 unspecified atom stereocenters. The highest BCUT2D eigenvalue weighted by Crippen LogP contribution is 2.13. The standard InChI is InChI=1S/C15H24N4S/c1-2-4-14(15(16)20)19-9-7-18(8-10-19)12-13-5-3-6-17-11-13/h3,5-6,11,14H,2,4,7-10,12H2,1H3,(H2,16,20). The van der Waals surface area contributed by atoms with Crippen LogP contribution in [0.5, 0.6) is 0 Å². The van der Waals surface area contributed by atoms with Crippen molar-refractivity contribution >= 4 is 17.2 Å². The number of hydrogen-bond donors (Lipinski definition) is 1. The molecule has 2 N–H and O–H groups in total. The number of nitrogens with zero attached hydrogens (tertiary/aromatic N) is 3. The highest BCUT2D eigenvalue weighted by Gasteiger charge is 2.24. The summed E-state index contributed by atoms with van der Waals surface area (Å²) in [5.74, 6) is 0. The quantitative estimate of drug-likeness (QED) is 0.808. The lowest BCUT2D eigenvalue weighted by Gasteiger charge is -2.38. The van der Waals surface area contributed by atoms with E-state index in [4.69, 9.17) is 18.0 Å². The van der Waals surface area contributed by atoms with Gasteiger partial charge in [0, 0.05) is 45.1 Å². The van der Waals surface area contributed by atoms with Crippen molar-refractivity contribution in [2.24, 2.45) is 5.73 Å². The van der Waals surface area contributed by atoms with Crippen LogP contribution in [0.2, 0.25) is 0 Å². The van der Waals surface area contributed by atoms with Crippen LogP contribution in [0.1, 0.15) is 25.3 Å². The molecular weight excluding hydrogens is 268 g/mol. The summed E-state index contributed by atoms with van der Waals surface area (Å²) in [4.78, 5) is 9.72. The zero-order chi connectivity index (χ0) is 14.4. The summed E-state index contributed by atoms with van der Waals surface area (Å²) in [6.07, 6.45) is 5.95. The van der Waals surface area contributed by atoms with Gasteiger partial charge in [0.05, 0.1) is 11.0 Å². The Labute approximate surface area is 127 Å². The number of piperazine rings is 1. The molecule has 1 fully saturated rings. The minimum atomic E-state index is 0.274. The van der Waals surface area contributed by atoms with Crippen LogP contribution in [-0.4, -0.2) is 52.0 Å². The van der Waals surface area contributed by atoms with E-state index in [1.807, 2.05) is 18.5 Å². The zero-order valence-electron chi connectivity index (χ0n) is 12.2. The topological polar surface area (TPSA) is 45.4 Å². The number of pyridine rings is 1. The van der Waals surface area contributed by atoms with Gasteiger partial charge in [-0.25, -0.2) is 0 Å². The van der Waals surface area contributed by atoms with Crippen molar-refractivity contribution in [1.82, 2.24) is 14.8 Å². The molecule has 5 heteroatoms. The molecule has 2 rings (SSSR count). The SMILES string of the molecule is CCCC(C(N)=S)N1CCN(Cc2cccnc2)CC1. The van der Waals surface area contributed by atoms with Gasteiger partial charge < -0.3 is 5.73 Å². The van der Waals surface area contributed by atoms with Crippen LogP contribution in [0, 0.1) is 0 Å². The Morgan fingerprint density at radius 3 is 2.70 bits per heavy atom. The predicted octanol–water partition coefficient (Wildman–Crippen LogP) is 1.65. The van der Waals surface area contributed by atoms with Crippen LogP contribution in [0.25, 0.3) is 0 Å². The second-order valence-electron chi connectivity index (χ2n) is 5.38. The maximum atomic E-state index is 5.88. The summed E-state index contributed by atoms with van der Waals surface area (Å²) < 4.78 is 0. The lowest BCUT2D eigenvalue weighted by molar-refractivity contribution is 0.110. The van der Waals surface area contributed by atoms with E-state index in [2.05, 4.69) is 27.8 Å². The van der Waals surface area contributed by atoms with Crippen molar-refractivity contribution in [3.63, 3.8) is 0 Å². The van der Waals surface area contributed by atoms with Crippen LogP contribution in [0.4, 0.5) is 0 Å². The normalized spacial score (nSPS) is 18.9. The molecular formula is C15H24N4S. The third kappa shape index (κ3) is 4.23. The average molecular weight is 292 g/mol. The lowest BCUT2D eigenvalue weighted by atomic mass is 10.1. The number of thiocarbonyl (C=S) groups is 1. The molecule has 110 valence electrons. The van der Waals surface area contributed by atoms with E-state index in [0.717, 1.165) is 45.6 Å². The first-order chi connectivity index (χ1) is 9.70. The van der Waals surface area contributed by atoms with Crippen molar-refractivity contribution in [3.8, 4) is 0 Å². The van der Waals surface area contributed by atoms with Gasteiger partial charge in [-0.1, -0.05) is 31.6 Å². The van der Waals surface area contributed by atoms with Crippen LogP contribution in [-0.2, 0) is 6.54 Å². The molecule has 2 heterocycles. The van der Waals surface area contributed by atoms with Crippen molar-refractivity contribution in [2.75, 3.05) is 26.2 Å². The van der Waals surface area contributed by atoms with E-state index in [0.29, 0.717) is 4.99 Å². The van der Waals surface area contributed by atoms with Gasteiger partial charge >= 0.3 is 0 Å². The minimum absolute atomic E-state index is 0.274. The van der Waals surface area contributed by atoms with Gasteiger partial charge in [-0.2, -0.15) is 0 Å². The lowest BCUT2D eigenvalue weighted by Crippen LogP contribution is -2.53. The van der Waals surface area contributed by atoms with E-state index in [9.17, 15) is 0 Å². The highest BCUT2D eigenvalue weighted by atomic mass is 32.1. The van der Waals surface area contributed by atoms with Crippen molar-refractivity contribution < 1.29 is 0 Å². The number of hydrogen-bond acceptors (Lipinski definition) is 4. The summed E-state index contributed by atoms with van der Waals surface area (Å²) in [7, 11) is 0. The van der Waals surface area contributed by atoms with Crippen molar-refractivity contribution in [1.29, 1.82) is 0 Å². The third-order valence-electron chi connectivity index (χ3n) is 3.87. The molecule has 0 bridgehead atoms. The van der Waals surface area contributed by atoms with Gasteiger partial charge in [-0.15, -0.1) is 0 Å². The van der Waals surface area contributed by atoms with Gasteiger partial charge in [0.15, 0.2) is 0 Å². The number of nitrogens with two attached hydrogens (primary N) is 1. The Morgan fingerprint density at radius 2 is 2.15 bits per heavy atom. The summed E-state index contributed by atoms with van der Waals surface area (Å²) >= 11 is 5.21. The first-order valence-corrected chi connectivity index (χ1v) is 7.76. The van der Waals surface area contributed by atoms with Crippen molar-refractivity contribution in [3.05, 3.63) is 30.1 Å². The third-order valence-corrected chi connectivity index (χ3v) is 4.14.